The van der Waals surface area contributed by atoms with Gasteiger partial charge in [-0.2, -0.15) is 0 Å². The number of aryl methyl sites for hydroxylation is 1. The average molecular weight is 315 g/mol. The van der Waals surface area contributed by atoms with Gasteiger partial charge in [0.1, 0.15) is 19.0 Å². The van der Waals surface area contributed by atoms with E-state index in [4.69, 9.17) is 19.9 Å². The van der Waals surface area contributed by atoms with Gasteiger partial charge in [0.25, 0.3) is 0 Å². The van der Waals surface area contributed by atoms with Crippen LogP contribution in [0.3, 0.4) is 0 Å². The predicted molar refractivity (Wildman–Crippen MR) is 92.5 cm³/mol. The lowest BCUT2D eigenvalue weighted by Crippen LogP contribution is -2.10. The maximum atomic E-state index is 5.79. The van der Waals surface area contributed by atoms with Crippen molar-refractivity contribution in [2.24, 2.45) is 5.73 Å². The molecule has 0 aliphatic heterocycles. The lowest BCUT2D eigenvalue weighted by molar-refractivity contribution is 0.208. The third-order valence-electron chi connectivity index (χ3n) is 3.34. The van der Waals surface area contributed by atoms with E-state index in [9.17, 15) is 0 Å². The van der Waals surface area contributed by atoms with Gasteiger partial charge < -0.3 is 19.9 Å². The Labute approximate surface area is 138 Å². The molecule has 0 unspecified atom stereocenters. The minimum absolute atomic E-state index is 0.463. The smallest absolute Gasteiger partial charge is 0.161 e. The summed E-state index contributed by atoms with van der Waals surface area (Å²) in [5, 5.41) is 0. The van der Waals surface area contributed by atoms with Crippen molar-refractivity contribution >= 4 is 0 Å². The Morgan fingerprint density at radius 3 is 2.48 bits per heavy atom. The second-order valence-corrected chi connectivity index (χ2v) is 5.27. The first kappa shape index (κ1) is 17.2. The fourth-order valence-electron chi connectivity index (χ4n) is 2.28. The number of benzene rings is 2. The van der Waals surface area contributed by atoms with Crippen LogP contribution in [0.15, 0.2) is 42.5 Å². The van der Waals surface area contributed by atoms with E-state index in [-0.39, 0.29) is 0 Å². The fourth-order valence-corrected chi connectivity index (χ4v) is 2.28. The molecule has 23 heavy (non-hydrogen) atoms. The molecule has 0 bridgehead atoms. The molecular weight excluding hydrogens is 290 g/mol. The van der Waals surface area contributed by atoms with Gasteiger partial charge in [0.2, 0.25) is 0 Å². The van der Waals surface area contributed by atoms with Crippen LogP contribution in [0.5, 0.6) is 17.2 Å². The fraction of sp³-hybridized carbons (Fsp3) is 0.368. The van der Waals surface area contributed by atoms with E-state index in [0.29, 0.717) is 26.4 Å². The van der Waals surface area contributed by atoms with Crippen molar-refractivity contribution in [2.45, 2.75) is 20.3 Å². The molecule has 0 aromatic heterocycles. The minimum atomic E-state index is 0.463. The highest BCUT2D eigenvalue weighted by Gasteiger charge is 2.06. The molecular formula is C19H25NO3. The largest absolute Gasteiger partial charge is 0.490 e. The molecule has 0 amide bonds. The Bertz CT molecular complexity index is 613. The number of nitrogens with two attached hydrogens (primary N) is 1. The van der Waals surface area contributed by atoms with Crippen LogP contribution in [0, 0.1) is 6.92 Å². The summed E-state index contributed by atoms with van der Waals surface area (Å²) in [6, 6.07) is 13.9. The molecule has 2 rings (SSSR count). The first-order valence-corrected chi connectivity index (χ1v) is 8.01. The second-order valence-electron chi connectivity index (χ2n) is 5.27. The lowest BCUT2D eigenvalue weighted by Gasteiger charge is -2.14. The number of rotatable bonds is 9. The van der Waals surface area contributed by atoms with Crippen molar-refractivity contribution in [3.8, 4) is 17.2 Å². The SMILES string of the molecule is CCOc1cc(CCN)ccc1OCCOc1cccc(C)c1. The van der Waals surface area contributed by atoms with Gasteiger partial charge in [-0.3, -0.25) is 0 Å². The molecule has 0 spiro atoms. The molecule has 0 saturated heterocycles. The molecule has 0 aliphatic rings. The number of hydrogen-bond donors (Lipinski definition) is 1. The highest BCUT2D eigenvalue weighted by Crippen LogP contribution is 2.28. The lowest BCUT2D eigenvalue weighted by atomic mass is 10.1. The van der Waals surface area contributed by atoms with Crippen molar-refractivity contribution in [3.63, 3.8) is 0 Å². The van der Waals surface area contributed by atoms with Gasteiger partial charge in [-0.25, -0.2) is 0 Å². The molecule has 2 aromatic carbocycles. The van der Waals surface area contributed by atoms with E-state index in [1.54, 1.807) is 0 Å². The van der Waals surface area contributed by atoms with E-state index in [1.807, 2.05) is 56.3 Å². The Morgan fingerprint density at radius 2 is 1.74 bits per heavy atom. The van der Waals surface area contributed by atoms with Crippen LogP contribution in [-0.2, 0) is 6.42 Å². The summed E-state index contributed by atoms with van der Waals surface area (Å²) in [6.07, 6.45) is 0.830. The molecule has 4 heteroatoms. The third-order valence-corrected chi connectivity index (χ3v) is 3.34. The molecule has 2 aromatic rings. The summed E-state index contributed by atoms with van der Waals surface area (Å²) >= 11 is 0. The maximum absolute atomic E-state index is 5.79. The molecule has 4 nitrogen and oxygen atoms in total. The topological polar surface area (TPSA) is 53.7 Å². The Morgan fingerprint density at radius 1 is 0.913 bits per heavy atom. The van der Waals surface area contributed by atoms with Crippen LogP contribution in [0.2, 0.25) is 0 Å². The summed E-state index contributed by atoms with van der Waals surface area (Å²) in [4.78, 5) is 0. The van der Waals surface area contributed by atoms with E-state index >= 15 is 0 Å². The van der Waals surface area contributed by atoms with Crippen LogP contribution in [0.4, 0.5) is 0 Å². The maximum Gasteiger partial charge on any atom is 0.161 e. The first-order chi connectivity index (χ1) is 11.2. The van der Waals surface area contributed by atoms with Crippen molar-refractivity contribution in [1.82, 2.24) is 0 Å². The third kappa shape index (κ3) is 5.49. The highest BCUT2D eigenvalue weighted by atomic mass is 16.5. The second kappa shape index (κ2) is 9.06. The average Bonchev–Trinajstić information content (AvgIpc) is 2.54. The van der Waals surface area contributed by atoms with Crippen molar-refractivity contribution in [2.75, 3.05) is 26.4 Å². The first-order valence-electron chi connectivity index (χ1n) is 8.01. The van der Waals surface area contributed by atoms with Crippen LogP contribution in [0.1, 0.15) is 18.1 Å². The van der Waals surface area contributed by atoms with Crippen molar-refractivity contribution < 1.29 is 14.2 Å². The molecule has 0 saturated carbocycles. The monoisotopic (exact) mass is 315 g/mol. The van der Waals surface area contributed by atoms with Gasteiger partial charge in [0.05, 0.1) is 6.61 Å². The molecule has 124 valence electrons. The van der Waals surface area contributed by atoms with Gasteiger partial charge in [-0.05, 0) is 62.2 Å². The standard InChI is InChI=1S/C19H25NO3/c1-3-21-19-14-16(9-10-20)7-8-18(19)23-12-11-22-17-6-4-5-15(2)13-17/h4-8,13-14H,3,9-12,20H2,1-2H3. The zero-order chi connectivity index (χ0) is 16.5. The van der Waals surface area contributed by atoms with Crippen LogP contribution in [-0.4, -0.2) is 26.4 Å². The van der Waals surface area contributed by atoms with Crippen LogP contribution in [0.25, 0.3) is 0 Å². The van der Waals surface area contributed by atoms with Gasteiger partial charge >= 0.3 is 0 Å². The molecule has 0 heterocycles. The summed E-state index contributed by atoms with van der Waals surface area (Å²) in [5.41, 5.74) is 7.93. The summed E-state index contributed by atoms with van der Waals surface area (Å²) in [5.74, 6) is 2.35. The quantitative estimate of drug-likeness (QED) is 0.721. The molecule has 0 atom stereocenters. The minimum Gasteiger partial charge on any atom is -0.490 e. The van der Waals surface area contributed by atoms with Gasteiger partial charge in [0, 0.05) is 0 Å². The highest BCUT2D eigenvalue weighted by molar-refractivity contribution is 5.43. The molecule has 0 aliphatic carbocycles. The van der Waals surface area contributed by atoms with Gasteiger partial charge in [-0.15, -0.1) is 0 Å². The van der Waals surface area contributed by atoms with E-state index in [1.165, 1.54) is 5.56 Å². The Kier molecular flexibility index (Phi) is 6.76. The van der Waals surface area contributed by atoms with E-state index in [0.717, 1.165) is 29.2 Å². The van der Waals surface area contributed by atoms with Crippen LogP contribution < -0.4 is 19.9 Å². The van der Waals surface area contributed by atoms with Crippen molar-refractivity contribution in [1.29, 1.82) is 0 Å². The Hall–Kier alpha value is -2.20. The molecule has 2 N–H and O–H groups in total. The molecule has 0 radical (unpaired) electrons. The summed E-state index contributed by atoms with van der Waals surface area (Å²) in [7, 11) is 0. The number of ether oxygens (including phenoxy) is 3. The zero-order valence-corrected chi connectivity index (χ0v) is 13.9. The zero-order valence-electron chi connectivity index (χ0n) is 13.9. The molecule has 0 fully saturated rings. The van der Waals surface area contributed by atoms with Crippen LogP contribution >= 0.6 is 0 Å². The van der Waals surface area contributed by atoms with Crippen molar-refractivity contribution in [3.05, 3.63) is 53.6 Å². The van der Waals surface area contributed by atoms with Gasteiger partial charge in [0.15, 0.2) is 11.5 Å². The van der Waals surface area contributed by atoms with Gasteiger partial charge in [-0.1, -0.05) is 18.2 Å². The summed E-state index contributed by atoms with van der Waals surface area (Å²) < 4.78 is 17.1. The summed E-state index contributed by atoms with van der Waals surface area (Å²) in [6.45, 7) is 6.17. The normalized spacial score (nSPS) is 10.4. The van der Waals surface area contributed by atoms with E-state index < -0.39 is 0 Å². The number of hydrogen-bond acceptors (Lipinski definition) is 4. The predicted octanol–water partition coefficient (Wildman–Crippen LogP) is 3.35. The Balaban J connectivity index is 1.89. The van der Waals surface area contributed by atoms with E-state index in [2.05, 4.69) is 0 Å².